The van der Waals surface area contributed by atoms with Gasteiger partial charge in [0.15, 0.2) is 0 Å². The molecule has 0 aliphatic heterocycles. The Bertz CT molecular complexity index is 299. The molecule has 1 N–H and O–H groups in total. The summed E-state index contributed by atoms with van der Waals surface area (Å²) in [5, 5.41) is 9.10. The second kappa shape index (κ2) is 3.62. The molecule has 2 nitrogen and oxygen atoms in total. The fraction of sp³-hybridized carbons (Fsp3) is 0.500. The lowest BCUT2D eigenvalue weighted by molar-refractivity contribution is 0.146. The van der Waals surface area contributed by atoms with Gasteiger partial charge in [0.2, 0.25) is 0 Å². The normalized spacial score (nSPS) is 17.9. The minimum atomic E-state index is 0.0743. The standard InChI is InChI=1S/C12H16O2/c1-10-2-4-11(5-3-10)14-9-12(8-13)6-7-12/h2-5,13H,6-9H2,1H3. The summed E-state index contributed by atoms with van der Waals surface area (Å²) < 4.78 is 5.62. The van der Waals surface area contributed by atoms with Crippen molar-refractivity contribution in [3.63, 3.8) is 0 Å². The molecule has 1 aliphatic rings. The Morgan fingerprint density at radius 1 is 1.29 bits per heavy atom. The van der Waals surface area contributed by atoms with Crippen LogP contribution in [0.25, 0.3) is 0 Å². The molecule has 2 rings (SSSR count). The summed E-state index contributed by atoms with van der Waals surface area (Å²) >= 11 is 0. The van der Waals surface area contributed by atoms with E-state index in [1.54, 1.807) is 0 Å². The van der Waals surface area contributed by atoms with Crippen molar-refractivity contribution in [2.24, 2.45) is 5.41 Å². The number of aryl methyl sites for hydroxylation is 1. The molecule has 2 heteroatoms. The molecule has 0 heterocycles. The molecular weight excluding hydrogens is 176 g/mol. The molecule has 1 fully saturated rings. The maximum Gasteiger partial charge on any atom is 0.119 e. The van der Waals surface area contributed by atoms with Crippen LogP contribution in [0, 0.1) is 12.3 Å². The maximum absolute atomic E-state index is 9.10. The van der Waals surface area contributed by atoms with Gasteiger partial charge in [-0.15, -0.1) is 0 Å². The summed E-state index contributed by atoms with van der Waals surface area (Å²) in [4.78, 5) is 0. The van der Waals surface area contributed by atoms with E-state index in [1.807, 2.05) is 24.3 Å². The zero-order valence-electron chi connectivity index (χ0n) is 8.49. The summed E-state index contributed by atoms with van der Waals surface area (Å²) in [6.45, 7) is 2.95. The monoisotopic (exact) mass is 192 g/mol. The molecule has 0 bridgehead atoms. The molecule has 0 spiro atoms. The van der Waals surface area contributed by atoms with Gasteiger partial charge in [0, 0.05) is 5.41 Å². The molecule has 0 unspecified atom stereocenters. The molecular formula is C12H16O2. The average molecular weight is 192 g/mol. The highest BCUT2D eigenvalue weighted by atomic mass is 16.5. The fourth-order valence-corrected chi connectivity index (χ4v) is 1.40. The number of benzene rings is 1. The first-order chi connectivity index (χ1) is 6.74. The van der Waals surface area contributed by atoms with E-state index in [-0.39, 0.29) is 12.0 Å². The first-order valence-electron chi connectivity index (χ1n) is 5.04. The molecule has 14 heavy (non-hydrogen) atoms. The molecule has 0 radical (unpaired) electrons. The zero-order chi connectivity index (χ0) is 10.0. The number of ether oxygens (including phenoxy) is 1. The van der Waals surface area contributed by atoms with Crippen LogP contribution in [0.3, 0.4) is 0 Å². The highest BCUT2D eigenvalue weighted by Gasteiger charge is 2.42. The van der Waals surface area contributed by atoms with E-state index in [9.17, 15) is 0 Å². The van der Waals surface area contributed by atoms with Gasteiger partial charge in [-0.2, -0.15) is 0 Å². The molecule has 0 amide bonds. The van der Waals surface area contributed by atoms with Gasteiger partial charge in [0.1, 0.15) is 5.75 Å². The van der Waals surface area contributed by atoms with Gasteiger partial charge in [-0.05, 0) is 31.9 Å². The van der Waals surface area contributed by atoms with Crippen LogP contribution < -0.4 is 4.74 Å². The Morgan fingerprint density at radius 2 is 1.93 bits per heavy atom. The van der Waals surface area contributed by atoms with Crippen LogP contribution in [-0.4, -0.2) is 18.3 Å². The van der Waals surface area contributed by atoms with Crippen LogP contribution in [0.4, 0.5) is 0 Å². The van der Waals surface area contributed by atoms with E-state index in [0.717, 1.165) is 18.6 Å². The molecule has 76 valence electrons. The number of rotatable bonds is 4. The SMILES string of the molecule is Cc1ccc(OCC2(CO)CC2)cc1. The zero-order valence-corrected chi connectivity index (χ0v) is 8.49. The van der Waals surface area contributed by atoms with E-state index < -0.39 is 0 Å². The predicted molar refractivity (Wildman–Crippen MR) is 55.4 cm³/mol. The lowest BCUT2D eigenvalue weighted by Gasteiger charge is -2.13. The Hall–Kier alpha value is -1.02. The van der Waals surface area contributed by atoms with Crippen molar-refractivity contribution in [3.8, 4) is 5.75 Å². The third-order valence-electron chi connectivity index (χ3n) is 2.86. The predicted octanol–water partition coefficient (Wildman–Crippen LogP) is 2.15. The van der Waals surface area contributed by atoms with Gasteiger partial charge in [-0.1, -0.05) is 17.7 Å². The van der Waals surface area contributed by atoms with Gasteiger partial charge in [-0.25, -0.2) is 0 Å². The van der Waals surface area contributed by atoms with E-state index in [4.69, 9.17) is 9.84 Å². The minimum Gasteiger partial charge on any atom is -0.493 e. The lowest BCUT2D eigenvalue weighted by atomic mass is 10.1. The Balaban J connectivity index is 1.89. The van der Waals surface area contributed by atoms with Crippen LogP contribution >= 0.6 is 0 Å². The van der Waals surface area contributed by atoms with Crippen LogP contribution in [0.1, 0.15) is 18.4 Å². The van der Waals surface area contributed by atoms with Gasteiger partial charge in [0.25, 0.3) is 0 Å². The summed E-state index contributed by atoms with van der Waals surface area (Å²) in [6, 6.07) is 8.02. The van der Waals surface area contributed by atoms with Crippen LogP contribution in [0.15, 0.2) is 24.3 Å². The van der Waals surface area contributed by atoms with E-state index >= 15 is 0 Å². The third kappa shape index (κ3) is 2.07. The van der Waals surface area contributed by atoms with Crippen LogP contribution in [0.5, 0.6) is 5.75 Å². The van der Waals surface area contributed by atoms with Gasteiger partial charge in [-0.3, -0.25) is 0 Å². The van der Waals surface area contributed by atoms with Crippen molar-refractivity contribution in [2.75, 3.05) is 13.2 Å². The summed E-state index contributed by atoms with van der Waals surface area (Å²) in [5.41, 5.74) is 1.31. The third-order valence-corrected chi connectivity index (χ3v) is 2.86. The molecule has 0 atom stereocenters. The maximum atomic E-state index is 9.10. The summed E-state index contributed by atoms with van der Waals surface area (Å²) in [6.07, 6.45) is 2.19. The summed E-state index contributed by atoms with van der Waals surface area (Å²) in [7, 11) is 0. The van der Waals surface area contributed by atoms with E-state index in [2.05, 4.69) is 6.92 Å². The smallest absolute Gasteiger partial charge is 0.119 e. The fourth-order valence-electron chi connectivity index (χ4n) is 1.40. The lowest BCUT2D eigenvalue weighted by Crippen LogP contribution is -2.16. The van der Waals surface area contributed by atoms with Crippen molar-refractivity contribution in [1.82, 2.24) is 0 Å². The van der Waals surface area contributed by atoms with Crippen LogP contribution in [0.2, 0.25) is 0 Å². The van der Waals surface area contributed by atoms with Crippen LogP contribution in [-0.2, 0) is 0 Å². The quantitative estimate of drug-likeness (QED) is 0.792. The van der Waals surface area contributed by atoms with Crippen molar-refractivity contribution < 1.29 is 9.84 Å². The Kier molecular flexibility index (Phi) is 2.46. The van der Waals surface area contributed by atoms with Gasteiger partial charge >= 0.3 is 0 Å². The van der Waals surface area contributed by atoms with E-state index in [1.165, 1.54) is 5.56 Å². The topological polar surface area (TPSA) is 29.5 Å². The number of aliphatic hydroxyl groups is 1. The van der Waals surface area contributed by atoms with Crippen molar-refractivity contribution in [2.45, 2.75) is 19.8 Å². The molecule has 0 saturated heterocycles. The Morgan fingerprint density at radius 3 is 2.43 bits per heavy atom. The molecule has 1 aromatic carbocycles. The largest absolute Gasteiger partial charge is 0.493 e. The minimum absolute atomic E-state index is 0.0743. The highest BCUT2D eigenvalue weighted by Crippen LogP contribution is 2.45. The average Bonchev–Trinajstić information content (AvgIpc) is 2.98. The highest BCUT2D eigenvalue weighted by molar-refractivity contribution is 5.26. The summed E-state index contributed by atoms with van der Waals surface area (Å²) in [5.74, 6) is 0.898. The number of aliphatic hydroxyl groups excluding tert-OH is 1. The molecule has 1 saturated carbocycles. The number of hydrogen-bond donors (Lipinski definition) is 1. The van der Waals surface area contributed by atoms with Crippen molar-refractivity contribution in [3.05, 3.63) is 29.8 Å². The number of hydrogen-bond acceptors (Lipinski definition) is 2. The molecule has 0 aromatic heterocycles. The molecule has 1 aromatic rings. The first kappa shape index (κ1) is 9.53. The second-order valence-corrected chi connectivity index (χ2v) is 4.26. The van der Waals surface area contributed by atoms with Crippen molar-refractivity contribution >= 4 is 0 Å². The van der Waals surface area contributed by atoms with Gasteiger partial charge < -0.3 is 9.84 Å². The van der Waals surface area contributed by atoms with Crippen molar-refractivity contribution in [1.29, 1.82) is 0 Å². The van der Waals surface area contributed by atoms with E-state index in [0.29, 0.717) is 6.61 Å². The second-order valence-electron chi connectivity index (χ2n) is 4.26. The Labute approximate surface area is 84.5 Å². The van der Waals surface area contributed by atoms with Gasteiger partial charge in [0.05, 0.1) is 13.2 Å². The first-order valence-corrected chi connectivity index (χ1v) is 5.04. The molecule has 1 aliphatic carbocycles.